The Kier molecular flexibility index (Phi) is 9.43. The molecule has 1 aliphatic carbocycles. The van der Waals surface area contributed by atoms with E-state index in [4.69, 9.17) is 9.47 Å². The standard InChI is InChI=1S/C44H51N5O3/c1-30(2)39-7-5-6-8-40(39)41-24-34(47(3)33-11-13-37(51-4)14-12-33)16-20-49(41)36-26-44(27-36)17-21-48(22-18-44)35-10-9-32(29-50)42(25-35)52-38-23-31-15-19-45-43(31)46-28-38/h5-15,19,23,25,28-30,34,36,41H,16-18,20-22,24,26-27H2,1-4H3,(H,45,46). The number of aromatic amines is 1. The first-order valence-corrected chi connectivity index (χ1v) is 19.0. The first-order chi connectivity index (χ1) is 25.3. The molecule has 5 aromatic rings. The highest BCUT2D eigenvalue weighted by Gasteiger charge is 2.50. The zero-order valence-electron chi connectivity index (χ0n) is 30.9. The Morgan fingerprint density at radius 1 is 0.962 bits per heavy atom. The average molecular weight is 698 g/mol. The number of nitrogens with zero attached hydrogens (tertiary/aromatic N) is 4. The Bertz CT molecular complexity index is 2010. The molecule has 2 saturated heterocycles. The molecule has 0 amide bonds. The van der Waals surface area contributed by atoms with Crippen molar-refractivity contribution < 1.29 is 14.3 Å². The number of hydrogen-bond acceptors (Lipinski definition) is 7. The third kappa shape index (κ3) is 6.65. The lowest BCUT2D eigenvalue weighted by Gasteiger charge is -2.58. The van der Waals surface area contributed by atoms with E-state index in [0.717, 1.165) is 61.2 Å². The zero-order valence-corrected chi connectivity index (χ0v) is 30.9. The molecule has 1 saturated carbocycles. The van der Waals surface area contributed by atoms with E-state index in [2.05, 4.69) is 100 Å². The highest BCUT2D eigenvalue weighted by molar-refractivity contribution is 5.81. The van der Waals surface area contributed by atoms with Gasteiger partial charge in [0, 0.05) is 73.8 Å². The van der Waals surface area contributed by atoms with Gasteiger partial charge in [-0.2, -0.15) is 0 Å². The lowest BCUT2D eigenvalue weighted by Crippen LogP contribution is -2.58. The minimum absolute atomic E-state index is 0.403. The number of carbonyl (C=O) groups is 1. The molecule has 1 N–H and O–H groups in total. The van der Waals surface area contributed by atoms with Gasteiger partial charge in [-0.3, -0.25) is 9.69 Å². The number of nitrogens with one attached hydrogen (secondary N) is 1. The molecule has 0 radical (unpaired) electrons. The number of hydrogen-bond donors (Lipinski definition) is 1. The molecule has 3 fully saturated rings. The molecular formula is C44H51N5O3. The Morgan fingerprint density at radius 3 is 2.50 bits per heavy atom. The average Bonchev–Trinajstić information content (AvgIpc) is 3.65. The summed E-state index contributed by atoms with van der Waals surface area (Å²) in [7, 11) is 3.99. The molecule has 270 valence electrons. The van der Waals surface area contributed by atoms with Crippen LogP contribution in [0.2, 0.25) is 0 Å². The molecule has 8 heteroatoms. The number of aldehydes is 1. The number of pyridine rings is 1. The van der Waals surface area contributed by atoms with Crippen molar-refractivity contribution in [1.29, 1.82) is 0 Å². The van der Waals surface area contributed by atoms with Gasteiger partial charge in [-0.05, 0) is 110 Å². The molecule has 2 unspecified atom stereocenters. The van der Waals surface area contributed by atoms with Gasteiger partial charge in [-0.15, -0.1) is 0 Å². The van der Waals surface area contributed by atoms with Crippen molar-refractivity contribution >= 4 is 28.7 Å². The Labute approximate surface area is 307 Å². The second-order valence-corrected chi connectivity index (χ2v) is 15.6. The van der Waals surface area contributed by atoms with Crippen molar-refractivity contribution in [2.24, 2.45) is 5.41 Å². The molecule has 1 spiro atoms. The van der Waals surface area contributed by atoms with E-state index in [1.165, 1.54) is 42.5 Å². The predicted octanol–water partition coefficient (Wildman–Crippen LogP) is 9.39. The first kappa shape index (κ1) is 34.3. The third-order valence-electron chi connectivity index (χ3n) is 12.3. The summed E-state index contributed by atoms with van der Waals surface area (Å²) in [6, 6.07) is 29.1. The Balaban J connectivity index is 0.949. The number of carbonyl (C=O) groups excluding carboxylic acids is 1. The summed E-state index contributed by atoms with van der Waals surface area (Å²) in [6.07, 6.45) is 11.6. The zero-order chi connectivity index (χ0) is 35.8. The number of piperidine rings is 2. The summed E-state index contributed by atoms with van der Waals surface area (Å²) >= 11 is 0. The minimum atomic E-state index is 0.403. The van der Waals surface area contributed by atoms with Crippen LogP contribution in [0.4, 0.5) is 11.4 Å². The molecule has 8 nitrogen and oxygen atoms in total. The van der Waals surface area contributed by atoms with Crippen LogP contribution in [-0.4, -0.2) is 67.0 Å². The van der Waals surface area contributed by atoms with E-state index in [9.17, 15) is 4.79 Å². The molecular weight excluding hydrogens is 647 g/mol. The fraction of sp³-hybridized carbons (Fsp3) is 0.409. The number of methoxy groups -OCH3 is 1. The van der Waals surface area contributed by atoms with Crippen molar-refractivity contribution in [3.05, 3.63) is 108 Å². The monoisotopic (exact) mass is 697 g/mol. The van der Waals surface area contributed by atoms with Gasteiger partial charge in [0.2, 0.25) is 0 Å². The number of H-pyrrole nitrogens is 1. The number of rotatable bonds is 10. The van der Waals surface area contributed by atoms with Crippen molar-refractivity contribution in [1.82, 2.24) is 14.9 Å². The van der Waals surface area contributed by atoms with Crippen LogP contribution in [0.3, 0.4) is 0 Å². The van der Waals surface area contributed by atoms with E-state index >= 15 is 0 Å². The second kappa shape index (κ2) is 14.3. The SMILES string of the molecule is COc1ccc(N(C)C2CCN(C3CC4(CCN(c5ccc(C=O)c(Oc6cnc7[nH]ccc7c6)c5)CC4)C3)C(c3ccccc3C(C)C)C2)cc1. The van der Waals surface area contributed by atoms with Crippen LogP contribution in [-0.2, 0) is 0 Å². The van der Waals surface area contributed by atoms with E-state index in [-0.39, 0.29) is 0 Å². The largest absolute Gasteiger partial charge is 0.497 e. The molecule has 2 aromatic heterocycles. The quantitative estimate of drug-likeness (QED) is 0.146. The molecule has 52 heavy (non-hydrogen) atoms. The molecule has 3 aliphatic rings. The summed E-state index contributed by atoms with van der Waals surface area (Å²) in [5.74, 6) is 2.58. The molecule has 8 rings (SSSR count). The summed E-state index contributed by atoms with van der Waals surface area (Å²) in [5, 5.41) is 0.974. The van der Waals surface area contributed by atoms with Gasteiger partial charge in [0.15, 0.2) is 6.29 Å². The van der Waals surface area contributed by atoms with E-state index in [0.29, 0.717) is 46.5 Å². The van der Waals surface area contributed by atoms with Crippen molar-refractivity contribution in [3.63, 3.8) is 0 Å². The van der Waals surface area contributed by atoms with Crippen molar-refractivity contribution in [2.45, 2.75) is 76.4 Å². The first-order valence-electron chi connectivity index (χ1n) is 19.0. The maximum absolute atomic E-state index is 11.9. The Morgan fingerprint density at radius 2 is 1.75 bits per heavy atom. The summed E-state index contributed by atoms with van der Waals surface area (Å²) in [5.41, 5.74) is 7.12. The van der Waals surface area contributed by atoms with Gasteiger partial charge in [0.25, 0.3) is 0 Å². The molecule has 0 bridgehead atoms. The minimum Gasteiger partial charge on any atom is -0.497 e. The van der Waals surface area contributed by atoms with Crippen LogP contribution < -0.4 is 19.3 Å². The van der Waals surface area contributed by atoms with Gasteiger partial charge in [-0.1, -0.05) is 38.1 Å². The highest BCUT2D eigenvalue weighted by Crippen LogP contribution is 2.54. The smallest absolute Gasteiger partial charge is 0.153 e. The summed E-state index contributed by atoms with van der Waals surface area (Å²) in [4.78, 5) is 27.4. The maximum atomic E-state index is 11.9. The number of likely N-dealkylation sites (tertiary alicyclic amines) is 1. The van der Waals surface area contributed by atoms with Crippen molar-refractivity contribution in [3.8, 4) is 17.2 Å². The van der Waals surface area contributed by atoms with Gasteiger partial charge in [-0.25, -0.2) is 4.98 Å². The van der Waals surface area contributed by atoms with Crippen LogP contribution in [0.15, 0.2) is 91.3 Å². The summed E-state index contributed by atoms with van der Waals surface area (Å²) < 4.78 is 11.7. The van der Waals surface area contributed by atoms with Crippen LogP contribution >= 0.6 is 0 Å². The number of aromatic nitrogens is 2. The van der Waals surface area contributed by atoms with Gasteiger partial charge >= 0.3 is 0 Å². The normalized spacial score (nSPS) is 20.6. The molecule has 2 atom stereocenters. The van der Waals surface area contributed by atoms with E-state index < -0.39 is 0 Å². The topological polar surface area (TPSA) is 73.9 Å². The Hall–Kier alpha value is -4.82. The maximum Gasteiger partial charge on any atom is 0.153 e. The summed E-state index contributed by atoms with van der Waals surface area (Å²) in [6.45, 7) is 7.81. The third-order valence-corrected chi connectivity index (χ3v) is 12.3. The van der Waals surface area contributed by atoms with E-state index in [1.54, 1.807) is 13.3 Å². The number of anilines is 2. The van der Waals surface area contributed by atoms with Gasteiger partial charge < -0.3 is 24.3 Å². The molecule has 2 aliphatic heterocycles. The molecule has 3 aromatic carbocycles. The van der Waals surface area contributed by atoms with Gasteiger partial charge in [0.05, 0.1) is 18.9 Å². The predicted molar refractivity (Wildman–Crippen MR) is 209 cm³/mol. The van der Waals surface area contributed by atoms with Crippen LogP contribution in [0.25, 0.3) is 11.0 Å². The van der Waals surface area contributed by atoms with Crippen LogP contribution in [0.5, 0.6) is 17.2 Å². The van der Waals surface area contributed by atoms with Crippen LogP contribution in [0, 0.1) is 5.41 Å². The molecule has 4 heterocycles. The fourth-order valence-electron chi connectivity index (χ4n) is 9.26. The number of ether oxygens (including phenoxy) is 2. The lowest BCUT2D eigenvalue weighted by molar-refractivity contribution is -0.0499. The highest BCUT2D eigenvalue weighted by atomic mass is 16.5. The van der Waals surface area contributed by atoms with Crippen LogP contribution in [0.1, 0.15) is 85.8 Å². The number of fused-ring (bicyclic) bond motifs is 1. The lowest BCUT2D eigenvalue weighted by atomic mass is 9.59. The van der Waals surface area contributed by atoms with Crippen molar-refractivity contribution in [2.75, 3.05) is 43.6 Å². The van der Waals surface area contributed by atoms with E-state index in [1.807, 2.05) is 30.5 Å². The van der Waals surface area contributed by atoms with Gasteiger partial charge in [0.1, 0.15) is 22.9 Å². The second-order valence-electron chi connectivity index (χ2n) is 15.6. The fourth-order valence-corrected chi connectivity index (χ4v) is 9.26. The number of benzene rings is 3.